The van der Waals surface area contributed by atoms with Gasteiger partial charge in [0.15, 0.2) is 0 Å². The van der Waals surface area contributed by atoms with E-state index in [9.17, 15) is 5.11 Å². The zero-order valence-corrected chi connectivity index (χ0v) is 12.5. The molecule has 0 aromatic heterocycles. The fraction of sp³-hybridized carbons (Fsp3) is 0.875. The summed E-state index contributed by atoms with van der Waals surface area (Å²) in [7, 11) is 0. The third-order valence-corrected chi connectivity index (χ3v) is 5.07. The fourth-order valence-corrected chi connectivity index (χ4v) is 2.66. The van der Waals surface area contributed by atoms with Crippen molar-refractivity contribution in [2.24, 2.45) is 16.7 Å². The maximum Gasteiger partial charge on any atom is 0.0755 e. The molecule has 1 aliphatic rings. The van der Waals surface area contributed by atoms with Crippen LogP contribution >= 0.6 is 0 Å². The van der Waals surface area contributed by atoms with Gasteiger partial charge in [-0.15, -0.1) is 0 Å². The predicted molar refractivity (Wildman–Crippen MR) is 75.0 cm³/mol. The number of hydrogen-bond acceptors (Lipinski definition) is 1. The fourth-order valence-electron chi connectivity index (χ4n) is 2.66. The van der Waals surface area contributed by atoms with Crippen molar-refractivity contribution in [1.29, 1.82) is 0 Å². The average Bonchev–Trinajstić information content (AvgIpc) is 2.29. The van der Waals surface area contributed by atoms with E-state index in [1.807, 2.05) is 0 Å². The maximum absolute atomic E-state index is 10.2. The van der Waals surface area contributed by atoms with Crippen LogP contribution in [-0.4, -0.2) is 11.2 Å². The van der Waals surface area contributed by atoms with E-state index >= 15 is 0 Å². The molecule has 1 N–H and O–H groups in total. The van der Waals surface area contributed by atoms with E-state index < -0.39 is 0 Å². The molecule has 1 heteroatoms. The summed E-state index contributed by atoms with van der Waals surface area (Å²) in [5.41, 5.74) is 1.77. The molecule has 0 radical (unpaired) electrons. The van der Waals surface area contributed by atoms with E-state index in [0.29, 0.717) is 11.3 Å². The molecule has 2 unspecified atom stereocenters. The number of aliphatic hydroxyl groups is 1. The summed E-state index contributed by atoms with van der Waals surface area (Å²) >= 11 is 0. The minimum Gasteiger partial charge on any atom is -0.389 e. The summed E-state index contributed by atoms with van der Waals surface area (Å²) in [5.74, 6) is 0.622. The highest BCUT2D eigenvalue weighted by atomic mass is 16.3. The van der Waals surface area contributed by atoms with E-state index in [1.54, 1.807) is 0 Å². The summed E-state index contributed by atoms with van der Waals surface area (Å²) < 4.78 is 0. The lowest BCUT2D eigenvalue weighted by atomic mass is 9.66. The Balaban J connectivity index is 3.02. The van der Waals surface area contributed by atoms with Gasteiger partial charge in [0.1, 0.15) is 0 Å². The molecule has 0 heterocycles. The molecule has 100 valence electrons. The molecular weight excluding hydrogens is 208 g/mol. The van der Waals surface area contributed by atoms with Gasteiger partial charge in [0.25, 0.3) is 0 Å². The monoisotopic (exact) mass is 238 g/mol. The number of allylic oxidation sites excluding steroid dienone is 1. The molecule has 0 spiro atoms. The van der Waals surface area contributed by atoms with Crippen molar-refractivity contribution in [2.75, 3.05) is 0 Å². The molecule has 0 aromatic rings. The highest BCUT2D eigenvalue weighted by Gasteiger charge is 2.35. The molecule has 0 fully saturated rings. The topological polar surface area (TPSA) is 20.2 Å². The zero-order chi connectivity index (χ0) is 13.3. The Morgan fingerprint density at radius 1 is 1.12 bits per heavy atom. The molecule has 2 atom stereocenters. The second kappa shape index (κ2) is 5.14. The van der Waals surface area contributed by atoms with Crippen molar-refractivity contribution in [3.8, 4) is 0 Å². The normalized spacial score (nSPS) is 26.9. The summed E-state index contributed by atoms with van der Waals surface area (Å²) in [6.07, 6.45) is 6.53. The number of rotatable bonds is 4. The lowest BCUT2D eigenvalue weighted by Crippen LogP contribution is -2.33. The lowest BCUT2D eigenvalue weighted by Gasteiger charge is -2.40. The maximum atomic E-state index is 10.2. The highest BCUT2D eigenvalue weighted by molar-refractivity contribution is 5.21. The minimum absolute atomic E-state index is 0.141. The van der Waals surface area contributed by atoms with Crippen LogP contribution in [-0.2, 0) is 0 Å². The van der Waals surface area contributed by atoms with Crippen molar-refractivity contribution < 1.29 is 5.11 Å². The first kappa shape index (κ1) is 14.8. The SMILES string of the molecule is CCC(C)(C)C1=CC(C(C)(C)CC)CCC1O. The van der Waals surface area contributed by atoms with Crippen LogP contribution < -0.4 is 0 Å². The first-order valence-electron chi connectivity index (χ1n) is 7.15. The summed E-state index contributed by atoms with van der Waals surface area (Å²) in [4.78, 5) is 0. The van der Waals surface area contributed by atoms with Crippen LogP contribution in [0.4, 0.5) is 0 Å². The van der Waals surface area contributed by atoms with Gasteiger partial charge in [-0.2, -0.15) is 0 Å². The molecule has 1 nitrogen and oxygen atoms in total. The molecule has 0 aliphatic heterocycles. The van der Waals surface area contributed by atoms with Gasteiger partial charge in [0.2, 0.25) is 0 Å². The quantitative estimate of drug-likeness (QED) is 0.712. The van der Waals surface area contributed by atoms with Crippen molar-refractivity contribution in [1.82, 2.24) is 0 Å². The van der Waals surface area contributed by atoms with Crippen molar-refractivity contribution in [2.45, 2.75) is 73.3 Å². The van der Waals surface area contributed by atoms with Crippen LogP contribution in [0.15, 0.2) is 11.6 Å². The molecule has 0 aromatic carbocycles. The smallest absolute Gasteiger partial charge is 0.0755 e. The van der Waals surface area contributed by atoms with Gasteiger partial charge < -0.3 is 5.11 Å². The molecule has 1 aliphatic carbocycles. The second-order valence-corrected chi connectivity index (χ2v) is 6.90. The molecule has 1 rings (SSSR count). The van der Waals surface area contributed by atoms with E-state index in [-0.39, 0.29) is 11.5 Å². The molecule has 0 saturated carbocycles. The van der Waals surface area contributed by atoms with Gasteiger partial charge in [-0.1, -0.05) is 54.0 Å². The molecular formula is C16H30O. The third kappa shape index (κ3) is 3.13. The number of aliphatic hydroxyl groups excluding tert-OH is 1. The van der Waals surface area contributed by atoms with Gasteiger partial charge in [0, 0.05) is 0 Å². The summed E-state index contributed by atoms with van der Waals surface area (Å²) in [6.45, 7) is 13.7. The Labute approximate surface area is 107 Å². The Morgan fingerprint density at radius 2 is 1.71 bits per heavy atom. The Bertz CT molecular complexity index is 286. The van der Waals surface area contributed by atoms with Crippen molar-refractivity contribution >= 4 is 0 Å². The van der Waals surface area contributed by atoms with E-state index in [0.717, 1.165) is 19.3 Å². The first-order valence-corrected chi connectivity index (χ1v) is 7.15. The number of hydrogen-bond donors (Lipinski definition) is 1. The van der Waals surface area contributed by atoms with Crippen LogP contribution in [0.2, 0.25) is 0 Å². The first-order chi connectivity index (χ1) is 7.74. The predicted octanol–water partition coefficient (Wildman–Crippen LogP) is 4.56. The second-order valence-electron chi connectivity index (χ2n) is 6.90. The van der Waals surface area contributed by atoms with Crippen molar-refractivity contribution in [3.05, 3.63) is 11.6 Å². The summed E-state index contributed by atoms with van der Waals surface area (Å²) in [6, 6.07) is 0. The van der Waals surface area contributed by atoms with Crippen LogP contribution in [0, 0.1) is 16.7 Å². The van der Waals surface area contributed by atoms with Crippen molar-refractivity contribution in [3.63, 3.8) is 0 Å². The van der Waals surface area contributed by atoms with Gasteiger partial charge in [-0.3, -0.25) is 0 Å². The largest absolute Gasteiger partial charge is 0.389 e. The van der Waals surface area contributed by atoms with E-state index in [1.165, 1.54) is 12.0 Å². The van der Waals surface area contributed by atoms with Gasteiger partial charge >= 0.3 is 0 Å². The molecule has 17 heavy (non-hydrogen) atoms. The standard InChI is InChI=1S/C16H30O/c1-7-15(3,4)12-9-10-14(17)13(11-12)16(5,6)8-2/h11-12,14,17H,7-10H2,1-6H3. The van der Waals surface area contributed by atoms with Crippen LogP contribution in [0.25, 0.3) is 0 Å². The van der Waals surface area contributed by atoms with Crippen LogP contribution in [0.1, 0.15) is 67.2 Å². The van der Waals surface area contributed by atoms with Gasteiger partial charge in [-0.25, -0.2) is 0 Å². The van der Waals surface area contributed by atoms with Crippen LogP contribution in [0.3, 0.4) is 0 Å². The van der Waals surface area contributed by atoms with E-state index in [2.05, 4.69) is 47.6 Å². The Hall–Kier alpha value is -0.300. The van der Waals surface area contributed by atoms with Gasteiger partial charge in [0.05, 0.1) is 6.10 Å². The lowest BCUT2D eigenvalue weighted by molar-refractivity contribution is 0.124. The van der Waals surface area contributed by atoms with Crippen LogP contribution in [0.5, 0.6) is 0 Å². The highest BCUT2D eigenvalue weighted by Crippen LogP contribution is 2.44. The Kier molecular flexibility index (Phi) is 4.46. The van der Waals surface area contributed by atoms with Gasteiger partial charge in [-0.05, 0) is 41.6 Å². The third-order valence-electron chi connectivity index (χ3n) is 5.07. The molecule has 0 saturated heterocycles. The minimum atomic E-state index is -0.214. The average molecular weight is 238 g/mol. The van der Waals surface area contributed by atoms with E-state index in [4.69, 9.17) is 0 Å². The molecule has 0 amide bonds. The molecule has 0 bridgehead atoms. The zero-order valence-electron chi connectivity index (χ0n) is 12.5. The Morgan fingerprint density at radius 3 is 2.18 bits per heavy atom. The summed E-state index contributed by atoms with van der Waals surface area (Å²) in [5, 5.41) is 10.2.